The minimum absolute atomic E-state index is 0.104. The van der Waals surface area contributed by atoms with E-state index in [2.05, 4.69) is 26.1 Å². The molecule has 1 aromatic rings. The average molecular weight is 361 g/mol. The maximum atomic E-state index is 9.00. The lowest BCUT2D eigenvalue weighted by Gasteiger charge is -2.08. The quantitative estimate of drug-likeness (QED) is 0.419. The second kappa shape index (κ2) is 9.59. The fourth-order valence-electron chi connectivity index (χ4n) is 1.14. The minimum Gasteiger partial charge on any atom is -0.496 e. The van der Waals surface area contributed by atoms with E-state index in [1.54, 1.807) is 26.4 Å². The Labute approximate surface area is 130 Å². The zero-order valence-electron chi connectivity index (χ0n) is 11.8. The van der Waals surface area contributed by atoms with Crippen LogP contribution in [0.3, 0.4) is 0 Å². The molecule has 0 heterocycles. The Morgan fingerprint density at radius 2 is 1.81 bits per heavy atom. The van der Waals surface area contributed by atoms with Crippen LogP contribution in [-0.4, -0.2) is 37.5 Å². The van der Waals surface area contributed by atoms with Crippen LogP contribution < -0.4 is 20.9 Å². The van der Waals surface area contributed by atoms with E-state index in [4.69, 9.17) is 30.8 Å². The maximum absolute atomic E-state index is 9.00. The van der Waals surface area contributed by atoms with Crippen LogP contribution in [0.4, 0.5) is 0 Å². The summed E-state index contributed by atoms with van der Waals surface area (Å²) in [5.74, 6) is 0.341. The molecule has 0 radical (unpaired) electrons. The fourth-order valence-corrected chi connectivity index (χ4v) is 1.66. The molecule has 1 aromatic carbocycles. The highest BCUT2D eigenvalue weighted by atomic mass is 79.9. The number of hydrogen-bond acceptors (Lipinski definition) is 5. The van der Waals surface area contributed by atoms with Gasteiger partial charge in [-0.2, -0.15) is 5.10 Å². The van der Waals surface area contributed by atoms with Crippen LogP contribution in [-0.2, 0) is 4.79 Å². The average Bonchev–Trinajstić information content (AvgIpc) is 2.38. The highest BCUT2D eigenvalue weighted by Gasteiger charge is 2.07. The number of guanidine groups is 1. The van der Waals surface area contributed by atoms with Crippen LogP contribution in [0.2, 0.25) is 0 Å². The number of carbonyl (C=O) groups is 1. The molecule has 0 aromatic heterocycles. The third-order valence-electron chi connectivity index (χ3n) is 1.87. The number of methoxy groups -OCH3 is 2. The number of aliphatic carboxylic acids is 1. The van der Waals surface area contributed by atoms with Gasteiger partial charge in [-0.25, -0.2) is 0 Å². The molecule has 0 aliphatic heterocycles. The Hall–Kier alpha value is -2.29. The van der Waals surface area contributed by atoms with Crippen molar-refractivity contribution in [2.24, 2.45) is 21.7 Å². The Morgan fingerprint density at radius 1 is 1.29 bits per heavy atom. The molecule has 0 bridgehead atoms. The van der Waals surface area contributed by atoms with Crippen LogP contribution in [0.1, 0.15) is 12.5 Å². The van der Waals surface area contributed by atoms with Gasteiger partial charge in [-0.15, -0.1) is 5.10 Å². The summed E-state index contributed by atoms with van der Waals surface area (Å²) in [6, 6.07) is 3.53. The first-order valence-corrected chi connectivity index (χ1v) is 6.34. The van der Waals surface area contributed by atoms with Crippen molar-refractivity contribution in [3.8, 4) is 11.5 Å². The number of nitrogens with two attached hydrogens (primary N) is 2. The second-order valence-corrected chi connectivity index (χ2v) is 4.37. The maximum Gasteiger partial charge on any atom is 0.300 e. The number of nitrogens with zero attached hydrogens (tertiary/aromatic N) is 2. The lowest BCUT2D eigenvalue weighted by atomic mass is 10.2. The molecule has 8 nitrogen and oxygen atoms in total. The summed E-state index contributed by atoms with van der Waals surface area (Å²) >= 11 is 3.36. The fraction of sp³-hybridized carbons (Fsp3) is 0.250. The predicted octanol–water partition coefficient (Wildman–Crippen LogP) is 1.16. The SMILES string of the molecule is CC(=O)O.COc1cc(OC)c(/C=N/N=C(N)N)cc1Br. The molecule has 0 fully saturated rings. The molecular formula is C12H17BrN4O4. The molecule has 21 heavy (non-hydrogen) atoms. The molecule has 0 spiro atoms. The van der Waals surface area contributed by atoms with Gasteiger partial charge in [0, 0.05) is 18.6 Å². The van der Waals surface area contributed by atoms with Gasteiger partial charge in [0.05, 0.1) is 24.9 Å². The third kappa shape index (κ3) is 7.78. The number of hydrogen-bond donors (Lipinski definition) is 3. The molecule has 1 rings (SSSR count). The van der Waals surface area contributed by atoms with Crippen molar-refractivity contribution < 1.29 is 19.4 Å². The van der Waals surface area contributed by atoms with Crippen LogP contribution in [0.5, 0.6) is 11.5 Å². The summed E-state index contributed by atoms with van der Waals surface area (Å²) in [5, 5.41) is 14.6. The standard InChI is InChI=1S/C10H13BrN4O2.C2H4O2/c1-16-8-4-9(17-2)7(11)3-6(8)5-14-15-10(12)13;1-2(3)4/h3-5H,1-2H3,(H4,12,13,15);1H3,(H,3,4)/b14-5+;. The van der Waals surface area contributed by atoms with Crippen LogP contribution >= 0.6 is 15.9 Å². The van der Waals surface area contributed by atoms with Gasteiger partial charge in [0.1, 0.15) is 11.5 Å². The molecule has 0 unspecified atom stereocenters. The number of ether oxygens (including phenoxy) is 2. The Bertz CT molecular complexity index is 538. The van der Waals surface area contributed by atoms with Crippen LogP contribution in [0.15, 0.2) is 26.8 Å². The normalized spacial score (nSPS) is 9.52. The van der Waals surface area contributed by atoms with Crippen LogP contribution in [0, 0.1) is 0 Å². The van der Waals surface area contributed by atoms with E-state index in [1.165, 1.54) is 6.21 Å². The van der Waals surface area contributed by atoms with Gasteiger partial charge < -0.3 is 26.0 Å². The van der Waals surface area contributed by atoms with Crippen molar-refractivity contribution in [2.75, 3.05) is 14.2 Å². The van der Waals surface area contributed by atoms with Crippen molar-refractivity contribution in [3.05, 3.63) is 22.2 Å². The van der Waals surface area contributed by atoms with Gasteiger partial charge in [-0.05, 0) is 22.0 Å². The highest BCUT2D eigenvalue weighted by molar-refractivity contribution is 9.10. The van der Waals surface area contributed by atoms with Crippen molar-refractivity contribution in [3.63, 3.8) is 0 Å². The zero-order valence-corrected chi connectivity index (χ0v) is 13.4. The molecule has 0 aliphatic rings. The Morgan fingerprint density at radius 3 is 2.24 bits per heavy atom. The molecule has 0 saturated heterocycles. The van der Waals surface area contributed by atoms with Gasteiger partial charge in [0.2, 0.25) is 5.96 Å². The summed E-state index contributed by atoms with van der Waals surface area (Å²) in [6.07, 6.45) is 1.49. The summed E-state index contributed by atoms with van der Waals surface area (Å²) in [7, 11) is 3.13. The van der Waals surface area contributed by atoms with E-state index in [9.17, 15) is 0 Å². The topological polar surface area (TPSA) is 133 Å². The first kappa shape index (κ1) is 18.7. The zero-order chi connectivity index (χ0) is 16.4. The van der Waals surface area contributed by atoms with Gasteiger partial charge in [0.15, 0.2) is 0 Å². The van der Waals surface area contributed by atoms with Crippen molar-refractivity contribution in [1.82, 2.24) is 0 Å². The van der Waals surface area contributed by atoms with Gasteiger partial charge in [0.25, 0.3) is 5.97 Å². The van der Waals surface area contributed by atoms with Gasteiger partial charge in [-0.1, -0.05) is 0 Å². The van der Waals surface area contributed by atoms with Gasteiger partial charge >= 0.3 is 0 Å². The number of rotatable bonds is 4. The molecular weight excluding hydrogens is 344 g/mol. The molecule has 9 heteroatoms. The first-order valence-electron chi connectivity index (χ1n) is 5.54. The van der Waals surface area contributed by atoms with E-state index in [0.29, 0.717) is 11.5 Å². The Kier molecular flexibility index (Phi) is 8.54. The van der Waals surface area contributed by atoms with E-state index < -0.39 is 5.97 Å². The molecule has 0 amide bonds. The van der Waals surface area contributed by atoms with Crippen molar-refractivity contribution >= 4 is 34.1 Å². The second-order valence-electron chi connectivity index (χ2n) is 3.52. The molecule has 5 N–H and O–H groups in total. The van der Waals surface area contributed by atoms with Gasteiger partial charge in [-0.3, -0.25) is 4.79 Å². The lowest BCUT2D eigenvalue weighted by Crippen LogP contribution is -2.21. The largest absolute Gasteiger partial charge is 0.496 e. The first-order chi connectivity index (χ1) is 9.81. The molecule has 0 atom stereocenters. The number of carboxylic acids is 1. The summed E-state index contributed by atoms with van der Waals surface area (Å²) in [6.45, 7) is 1.08. The van der Waals surface area contributed by atoms with Crippen molar-refractivity contribution in [1.29, 1.82) is 0 Å². The predicted molar refractivity (Wildman–Crippen MR) is 84.0 cm³/mol. The molecule has 116 valence electrons. The van der Waals surface area contributed by atoms with E-state index in [0.717, 1.165) is 17.0 Å². The molecule has 0 aliphatic carbocycles. The summed E-state index contributed by atoms with van der Waals surface area (Å²) in [4.78, 5) is 9.00. The Balaban J connectivity index is 0.000000885. The van der Waals surface area contributed by atoms with Crippen LogP contribution in [0.25, 0.3) is 0 Å². The van der Waals surface area contributed by atoms with E-state index in [1.807, 2.05) is 0 Å². The molecule has 0 saturated carbocycles. The number of halogens is 1. The lowest BCUT2D eigenvalue weighted by molar-refractivity contribution is -0.134. The third-order valence-corrected chi connectivity index (χ3v) is 2.49. The van der Waals surface area contributed by atoms with E-state index in [-0.39, 0.29) is 5.96 Å². The number of benzene rings is 1. The summed E-state index contributed by atoms with van der Waals surface area (Å²) in [5.41, 5.74) is 11.0. The van der Waals surface area contributed by atoms with E-state index >= 15 is 0 Å². The van der Waals surface area contributed by atoms with Crippen molar-refractivity contribution in [2.45, 2.75) is 6.92 Å². The smallest absolute Gasteiger partial charge is 0.300 e. The monoisotopic (exact) mass is 360 g/mol. The summed E-state index contributed by atoms with van der Waals surface area (Å²) < 4.78 is 11.1. The number of carboxylic acid groups (broad SMARTS) is 1. The highest BCUT2D eigenvalue weighted by Crippen LogP contribution is 2.31. The minimum atomic E-state index is -0.833.